The van der Waals surface area contributed by atoms with E-state index in [0.717, 1.165) is 125 Å². The number of nitrogens with two attached hydrogens (primary N) is 1. The number of aromatic nitrogens is 3. The van der Waals surface area contributed by atoms with Crippen LogP contribution in [0.25, 0.3) is 0 Å². The third kappa shape index (κ3) is 55.5. The molecular weight excluding hydrogens is 1240 g/mol. The fourth-order valence-corrected chi connectivity index (χ4v) is 10.1. The van der Waals surface area contributed by atoms with Crippen molar-refractivity contribution in [1.29, 1.82) is 0 Å². The summed E-state index contributed by atoms with van der Waals surface area (Å²) < 4.78 is 15.2. The number of nitrogens with one attached hydrogen (secondary N) is 1. The molecule has 3 aromatic heterocycles. The fraction of sp³-hybridized carbons (Fsp3) is 0.785. The molecule has 3 aromatic rings. The Morgan fingerprint density at radius 3 is 1.29 bits per heavy atom. The van der Waals surface area contributed by atoms with Crippen molar-refractivity contribution in [2.45, 2.75) is 217 Å². The van der Waals surface area contributed by atoms with E-state index in [9.17, 15) is 4.79 Å². The number of hydrogen-bond donors (Lipinski definition) is 5. The van der Waals surface area contributed by atoms with E-state index >= 15 is 0 Å². The summed E-state index contributed by atoms with van der Waals surface area (Å²) in [6.07, 6.45) is 21.6. The lowest BCUT2D eigenvalue weighted by Gasteiger charge is -2.30. The van der Waals surface area contributed by atoms with Gasteiger partial charge in [0.25, 0.3) is 0 Å². The maximum atomic E-state index is 10.3. The van der Waals surface area contributed by atoms with Crippen molar-refractivity contribution in [3.05, 3.63) is 52.6 Å². The second kappa shape index (κ2) is 76.6. The van der Waals surface area contributed by atoms with Crippen molar-refractivity contribution in [1.82, 2.24) is 45.2 Å². The molecule has 6 aliphatic heterocycles. The molecule has 0 aliphatic carbocycles. The molecule has 546 valence electrons. The van der Waals surface area contributed by atoms with Crippen molar-refractivity contribution in [2.75, 3.05) is 107 Å². The van der Waals surface area contributed by atoms with Gasteiger partial charge in [0, 0.05) is 92.6 Å². The average Bonchev–Trinajstić information content (AvgIpc) is 4.22. The van der Waals surface area contributed by atoms with Gasteiger partial charge in [-0.15, -0.1) is 17.5 Å². The van der Waals surface area contributed by atoms with Gasteiger partial charge in [-0.1, -0.05) is 127 Å². The van der Waals surface area contributed by atoms with Crippen molar-refractivity contribution in [3.63, 3.8) is 0 Å². The Balaban J connectivity index is -0.0000000620. The third-order valence-corrected chi connectivity index (χ3v) is 14.2. The number of terminal acetylenes is 1. The molecule has 6 fully saturated rings. The maximum absolute atomic E-state index is 10.3. The lowest BCUT2D eigenvalue weighted by Crippen LogP contribution is -2.35. The van der Waals surface area contributed by atoms with E-state index in [1.165, 1.54) is 71.0 Å². The van der Waals surface area contributed by atoms with Crippen molar-refractivity contribution in [3.8, 4) is 12.3 Å². The minimum Gasteiger partial charge on any atom is -0.411 e. The number of aldehydes is 1. The number of nitrogens with zero attached hydrogens (tertiary/aromatic N) is 10. The van der Waals surface area contributed by atoms with Gasteiger partial charge in [-0.3, -0.25) is 0 Å². The fourth-order valence-electron chi connectivity index (χ4n) is 9.91. The first kappa shape index (κ1) is 122. The van der Waals surface area contributed by atoms with E-state index in [2.05, 4.69) is 121 Å². The normalized spacial score (nSPS) is 20.4. The summed E-state index contributed by atoms with van der Waals surface area (Å²) in [4.78, 5) is 21.7. The summed E-state index contributed by atoms with van der Waals surface area (Å²) in [7, 11) is 12.5. The number of rotatable bonds is 7. The molecule has 10 atom stereocenters. The zero-order valence-electron chi connectivity index (χ0n) is 51.8. The number of carbonyl (C=O) groups is 1. The van der Waals surface area contributed by atoms with Crippen LogP contribution in [0.2, 0.25) is 20.5 Å². The van der Waals surface area contributed by atoms with Crippen LogP contribution in [0, 0.1) is 50.9 Å². The van der Waals surface area contributed by atoms with Crippen LogP contribution in [0.4, 0.5) is 0 Å². The maximum Gasteiger partial charge on any atom is 0.205 e. The molecule has 0 bridgehead atoms. The highest BCUT2D eigenvalue weighted by atomic mass is 35.5. The summed E-state index contributed by atoms with van der Waals surface area (Å²) in [6.45, 7) is 26.7. The molecule has 9 heterocycles. The first-order valence-corrected chi connectivity index (χ1v) is 28.2. The highest BCUT2D eigenvalue weighted by Gasteiger charge is 2.25. The van der Waals surface area contributed by atoms with Crippen molar-refractivity contribution >= 4 is 83.6 Å². The van der Waals surface area contributed by atoms with Crippen LogP contribution in [-0.4, -0.2) is 195 Å². The van der Waals surface area contributed by atoms with Crippen LogP contribution in [0.5, 0.6) is 0 Å². The Kier molecular flexibility index (Phi) is 103. The Bertz CT molecular complexity index is 2040. The lowest BCUT2D eigenvalue weighted by molar-refractivity contribution is -0.112. The standard InChI is InChI=1S/C10H16BN2O.C10H16N2O.C9H14N2O.C7H13ClN2O.C7H14N2O.C7H13NO.C3H4.C2H6B.10CH4.H3NO.4H3P/c1-8-6-10(12-14-8)9-4-3-5-13(7-9)11-2;1-8-6-10(11-13-8)9-4-3-5-12(2)7-9;1-7-5-9(11-12-7)8-3-2-4-10-6-8;1-10-4-2-3-6(5-10)7(8)9-11;1-9-4-2-3-7(6-9)5-8-10;1-8-4-2-3-7(5-8)6-9;2*1-3-2;;;;;;;;;;;1-2;;;;/h6,9H,3-5,7H2,1-2H3;6,9H,3-5,7H2,1-2H3;5,8,10H,2-4,6H2,1H3;6,11H,2-5H2,1H3;5,7,10H,2-4,6H2,1H3;6-7H,2-5H2,1H3;1H,2H3;1-2H3;10*1H4;2H,1H2;4*1H3/b;;;9-7-;8-5+;;;;;;;;;;;;;;;;;;. The number of oxime groups is 2. The predicted octanol–water partition coefficient (Wildman–Crippen LogP) is 15.1. The van der Waals surface area contributed by atoms with Crippen LogP contribution in [0.3, 0.4) is 0 Å². The topological polar surface area (TPSA) is 235 Å². The van der Waals surface area contributed by atoms with Gasteiger partial charge < -0.3 is 63.7 Å². The highest BCUT2D eigenvalue weighted by Crippen LogP contribution is 2.27. The molecule has 6 saturated heterocycles. The molecule has 9 rings (SSSR count). The number of piperidine rings is 6. The molecule has 0 saturated carbocycles. The number of aryl methyl sites for hydroxylation is 3. The van der Waals surface area contributed by atoms with E-state index in [1.54, 1.807) is 13.1 Å². The minimum absolute atomic E-state index is 0. The molecule has 0 spiro atoms. The van der Waals surface area contributed by atoms with Gasteiger partial charge in [0.15, 0.2) is 0 Å². The Morgan fingerprint density at radius 2 is 0.956 bits per heavy atom. The lowest BCUT2D eigenvalue weighted by atomic mass is 9.86. The third-order valence-electron chi connectivity index (χ3n) is 13.8. The first-order chi connectivity index (χ1) is 37.1. The zero-order chi connectivity index (χ0) is 57.4. The molecule has 2 radical (unpaired) electrons. The summed E-state index contributed by atoms with van der Waals surface area (Å²) in [5.41, 5.74) is 3.36. The monoisotopic (exact) mass is 1390 g/mol. The van der Waals surface area contributed by atoms with Gasteiger partial charge in [-0.25, -0.2) is 5.90 Å². The molecule has 10 unspecified atom stereocenters. The molecule has 0 aromatic carbocycles. The van der Waals surface area contributed by atoms with Crippen LogP contribution in [-0.2, 0) is 4.79 Å². The van der Waals surface area contributed by atoms with Gasteiger partial charge in [0.05, 0.1) is 17.1 Å². The molecule has 19 nitrogen and oxygen atoms in total. The SMILES string of the molecule is C.C.C.C.C.C.C.C.C.C.C#CC.CN1CCCC(/C(Cl)=N/O)C1.CN1CCCC(/C=N/O)C1.CN1CCCC(C=O)C1.C[B]C.C[B]N1CCCC(c2cc(C)on2)C1.Cc1cc(C2CCCN(C)C2)no1.Cc1cc(C2CCCNC2)no1.NO.P.P.P.P. The molecule has 91 heavy (non-hydrogen) atoms. The Labute approximate surface area is 582 Å². The number of carbonyl (C=O) groups excluding carboxylic acids is 1. The van der Waals surface area contributed by atoms with Gasteiger partial charge in [-0.2, -0.15) is 39.6 Å². The first-order valence-electron chi connectivity index (χ1n) is 27.8. The number of likely N-dealkylation sites (tertiary alicyclic amines) is 4. The summed E-state index contributed by atoms with van der Waals surface area (Å²) in [6, 6.07) is 6.16. The molecular formula is C65H151B2ClN12O7P4. The second-order valence-electron chi connectivity index (χ2n) is 20.9. The van der Waals surface area contributed by atoms with Crippen molar-refractivity contribution in [2.24, 2.45) is 34.0 Å². The Morgan fingerprint density at radius 1 is 0.604 bits per heavy atom. The van der Waals surface area contributed by atoms with Gasteiger partial charge in [0.2, 0.25) is 7.41 Å². The summed E-state index contributed by atoms with van der Waals surface area (Å²) in [5, 5.41) is 45.1. The molecule has 26 heteroatoms. The van der Waals surface area contributed by atoms with E-state index in [-0.39, 0.29) is 120 Å². The quantitative estimate of drug-likeness (QED) is 0.0281. The second-order valence-corrected chi connectivity index (χ2v) is 21.3. The zero-order valence-corrected chi connectivity index (χ0v) is 58.2. The highest BCUT2D eigenvalue weighted by molar-refractivity contribution is 6.92. The van der Waals surface area contributed by atoms with Crippen molar-refractivity contribution < 1.29 is 34.0 Å². The minimum atomic E-state index is 0. The van der Waals surface area contributed by atoms with Gasteiger partial charge in [0.1, 0.15) is 36.0 Å². The average molecular weight is 1390 g/mol. The van der Waals surface area contributed by atoms with Gasteiger partial charge >= 0.3 is 0 Å². The number of halogens is 1. The smallest absolute Gasteiger partial charge is 0.205 e. The van der Waals surface area contributed by atoms with Crippen LogP contribution in [0.1, 0.15) is 210 Å². The number of hydrogen-bond acceptors (Lipinski definition) is 19. The van der Waals surface area contributed by atoms with Crippen LogP contribution in [0.15, 0.2) is 42.1 Å². The summed E-state index contributed by atoms with van der Waals surface area (Å²) >= 11 is 5.68. The predicted molar refractivity (Wildman–Crippen MR) is 425 cm³/mol. The van der Waals surface area contributed by atoms with E-state index in [4.69, 9.17) is 40.8 Å². The molecule has 6 N–H and O–H groups in total. The van der Waals surface area contributed by atoms with Crippen LogP contribution < -0.4 is 11.2 Å². The van der Waals surface area contributed by atoms with E-state index < -0.39 is 0 Å². The molecule has 6 aliphatic rings. The van der Waals surface area contributed by atoms with Crippen LogP contribution >= 0.6 is 51.2 Å². The largest absolute Gasteiger partial charge is 0.411 e. The summed E-state index contributed by atoms with van der Waals surface area (Å²) in [5.74, 6) is 11.2. The van der Waals surface area contributed by atoms with E-state index in [1.807, 2.05) is 54.8 Å². The Hall–Kier alpha value is -2.38. The number of likely N-dealkylation sites (N-methyl/N-ethyl adjacent to an activating group) is 1. The van der Waals surface area contributed by atoms with Gasteiger partial charge in [-0.05, 0) is 179 Å². The molecule has 0 amide bonds. The van der Waals surface area contributed by atoms with E-state index in [0.29, 0.717) is 34.8 Å².